The molecule has 0 spiro atoms. The molecule has 0 saturated carbocycles. The number of nitriles is 2. The van der Waals surface area contributed by atoms with E-state index in [4.69, 9.17) is 29.9 Å². The van der Waals surface area contributed by atoms with Crippen LogP contribution in [-0.4, -0.2) is 29.9 Å². The van der Waals surface area contributed by atoms with Crippen molar-refractivity contribution in [2.24, 2.45) is 0 Å². The molecule has 8 heteroatoms. The SMILES string of the molecule is N#Cc1c(-c2nc(-c3ccccc3)nc(-c3ccccc3)n2)c(-c2nc(-c3ccccc3)nc(-c3ccccc3)n2)c(C#N)c2ccccc12. The molecule has 8 nitrogen and oxygen atoms in total. The van der Waals surface area contributed by atoms with E-state index in [1.165, 1.54) is 0 Å². The van der Waals surface area contributed by atoms with Gasteiger partial charge in [-0.05, 0) is 0 Å². The Morgan fingerprint density at radius 1 is 0.300 bits per heavy atom. The maximum Gasteiger partial charge on any atom is 0.166 e. The fraction of sp³-hybridized carbons (Fsp3) is 0. The van der Waals surface area contributed by atoms with Crippen LogP contribution in [-0.2, 0) is 0 Å². The van der Waals surface area contributed by atoms with Crippen LogP contribution in [0.1, 0.15) is 11.1 Å². The van der Waals surface area contributed by atoms with Crippen LogP contribution in [0.4, 0.5) is 0 Å². The molecule has 0 N–H and O–H groups in total. The molecule has 0 amide bonds. The molecule has 0 aliphatic rings. The lowest BCUT2D eigenvalue weighted by molar-refractivity contribution is 1.06. The van der Waals surface area contributed by atoms with Gasteiger partial charge in [0.05, 0.1) is 22.3 Å². The zero-order valence-electron chi connectivity index (χ0n) is 26.4. The molecule has 2 heterocycles. The lowest BCUT2D eigenvalue weighted by atomic mass is 9.88. The second-order valence-electron chi connectivity index (χ2n) is 11.3. The van der Waals surface area contributed by atoms with Gasteiger partial charge in [-0.3, -0.25) is 0 Å². The monoisotopic (exact) mass is 640 g/mol. The lowest BCUT2D eigenvalue weighted by Crippen LogP contribution is -2.07. The molecule has 0 unspecified atom stereocenters. The van der Waals surface area contributed by atoms with Gasteiger partial charge in [-0.1, -0.05) is 146 Å². The Morgan fingerprint density at radius 2 is 0.540 bits per heavy atom. The average molecular weight is 641 g/mol. The number of hydrogen-bond donors (Lipinski definition) is 0. The van der Waals surface area contributed by atoms with Crippen molar-refractivity contribution in [1.29, 1.82) is 10.5 Å². The summed E-state index contributed by atoms with van der Waals surface area (Å²) in [7, 11) is 0. The van der Waals surface area contributed by atoms with Crippen molar-refractivity contribution in [2.45, 2.75) is 0 Å². The second kappa shape index (κ2) is 13.0. The summed E-state index contributed by atoms with van der Waals surface area (Å²) < 4.78 is 0. The van der Waals surface area contributed by atoms with Crippen LogP contribution >= 0.6 is 0 Å². The summed E-state index contributed by atoms with van der Waals surface area (Å²) >= 11 is 0. The van der Waals surface area contributed by atoms with E-state index in [0.29, 0.717) is 56.3 Å². The average Bonchev–Trinajstić information content (AvgIpc) is 3.20. The normalized spacial score (nSPS) is 10.8. The van der Waals surface area contributed by atoms with Crippen LogP contribution in [0.3, 0.4) is 0 Å². The molecule has 0 fully saturated rings. The Balaban J connectivity index is 1.52. The minimum absolute atomic E-state index is 0.217. The van der Waals surface area contributed by atoms with Crippen molar-refractivity contribution in [2.75, 3.05) is 0 Å². The maximum atomic E-state index is 10.9. The fourth-order valence-electron chi connectivity index (χ4n) is 5.96. The van der Waals surface area contributed by atoms with Crippen LogP contribution in [0.5, 0.6) is 0 Å². The topological polar surface area (TPSA) is 125 Å². The number of hydrogen-bond acceptors (Lipinski definition) is 8. The third kappa shape index (κ3) is 5.49. The molecular formula is C42H24N8. The Kier molecular flexibility index (Phi) is 7.79. The Bertz CT molecular complexity index is 2300. The van der Waals surface area contributed by atoms with Gasteiger partial charge in [0.2, 0.25) is 0 Å². The third-order valence-electron chi connectivity index (χ3n) is 8.29. The summed E-state index contributed by atoms with van der Waals surface area (Å²) in [6, 6.07) is 50.6. The quantitative estimate of drug-likeness (QED) is 0.176. The molecule has 0 atom stereocenters. The van der Waals surface area contributed by atoms with E-state index in [9.17, 15) is 10.5 Å². The highest BCUT2D eigenvalue weighted by molar-refractivity contribution is 6.05. The molecule has 50 heavy (non-hydrogen) atoms. The molecular weight excluding hydrogens is 617 g/mol. The van der Waals surface area contributed by atoms with Gasteiger partial charge in [-0.25, -0.2) is 29.9 Å². The first-order chi connectivity index (χ1) is 24.7. The van der Waals surface area contributed by atoms with Crippen molar-refractivity contribution < 1.29 is 0 Å². The number of benzene rings is 6. The minimum atomic E-state index is 0.217. The summed E-state index contributed by atoms with van der Waals surface area (Å²) in [6.45, 7) is 0. The first-order valence-electron chi connectivity index (χ1n) is 15.9. The van der Waals surface area contributed by atoms with Gasteiger partial charge < -0.3 is 0 Å². The van der Waals surface area contributed by atoms with Crippen LogP contribution in [0.25, 0.3) is 79.1 Å². The van der Waals surface area contributed by atoms with Crippen LogP contribution in [0.15, 0.2) is 146 Å². The van der Waals surface area contributed by atoms with Crippen molar-refractivity contribution in [3.05, 3.63) is 157 Å². The smallest absolute Gasteiger partial charge is 0.166 e. The second-order valence-corrected chi connectivity index (χ2v) is 11.3. The van der Waals surface area contributed by atoms with Gasteiger partial charge in [0, 0.05) is 33.0 Å². The highest BCUT2D eigenvalue weighted by Crippen LogP contribution is 2.42. The Hall–Kier alpha value is -7.42. The van der Waals surface area contributed by atoms with Gasteiger partial charge in [-0.2, -0.15) is 10.5 Å². The zero-order valence-corrected chi connectivity index (χ0v) is 26.4. The standard InChI is InChI=1S/C42H24N8/c43-25-33-31-23-13-14-24-32(31)34(26-44)36(42-49-39(29-19-9-3-10-20-29)46-40(50-42)30-21-11-4-12-22-30)35(33)41-47-37(27-15-5-1-6-16-27)45-38(48-41)28-17-7-2-8-18-28/h1-24H. The van der Waals surface area contributed by atoms with Crippen molar-refractivity contribution in [3.63, 3.8) is 0 Å². The predicted molar refractivity (Wildman–Crippen MR) is 193 cm³/mol. The summed E-state index contributed by atoms with van der Waals surface area (Å²) in [4.78, 5) is 29.7. The van der Waals surface area contributed by atoms with E-state index in [1.54, 1.807) is 0 Å². The molecule has 0 radical (unpaired) electrons. The molecule has 0 aliphatic carbocycles. The highest BCUT2D eigenvalue weighted by Gasteiger charge is 2.28. The van der Waals surface area contributed by atoms with E-state index in [1.807, 2.05) is 146 Å². The molecule has 6 aromatic carbocycles. The van der Waals surface area contributed by atoms with Crippen LogP contribution < -0.4 is 0 Å². The molecule has 0 bridgehead atoms. The predicted octanol–water partition coefficient (Wildman–Crippen LogP) is 8.96. The van der Waals surface area contributed by atoms with E-state index < -0.39 is 0 Å². The Labute approximate surface area is 287 Å². The molecule has 8 rings (SSSR count). The first-order valence-corrected chi connectivity index (χ1v) is 15.9. The first kappa shape index (κ1) is 29.9. The van der Waals surface area contributed by atoms with Crippen LogP contribution in [0.2, 0.25) is 0 Å². The highest BCUT2D eigenvalue weighted by atomic mass is 15.1. The van der Waals surface area contributed by atoms with Crippen LogP contribution in [0, 0.1) is 22.7 Å². The van der Waals surface area contributed by atoms with E-state index in [2.05, 4.69) is 12.1 Å². The fourth-order valence-corrected chi connectivity index (χ4v) is 5.96. The Morgan fingerprint density at radius 3 is 0.800 bits per heavy atom. The number of rotatable bonds is 6. The number of nitrogens with zero attached hydrogens (tertiary/aromatic N) is 8. The minimum Gasteiger partial charge on any atom is -0.208 e. The van der Waals surface area contributed by atoms with Gasteiger partial charge >= 0.3 is 0 Å². The summed E-state index contributed by atoms with van der Waals surface area (Å²) in [5.41, 5.74) is 4.34. The molecule has 2 aromatic heterocycles. The van der Waals surface area contributed by atoms with E-state index in [0.717, 1.165) is 22.3 Å². The third-order valence-corrected chi connectivity index (χ3v) is 8.29. The molecule has 232 valence electrons. The number of aromatic nitrogens is 6. The molecule has 8 aromatic rings. The largest absolute Gasteiger partial charge is 0.208 e. The van der Waals surface area contributed by atoms with Crippen molar-refractivity contribution in [1.82, 2.24) is 29.9 Å². The maximum absolute atomic E-state index is 10.9. The summed E-state index contributed by atoms with van der Waals surface area (Å²) in [5.74, 6) is 2.11. The van der Waals surface area contributed by atoms with Gasteiger partial charge in [0.1, 0.15) is 12.1 Å². The van der Waals surface area contributed by atoms with E-state index >= 15 is 0 Å². The molecule has 0 saturated heterocycles. The van der Waals surface area contributed by atoms with Gasteiger partial charge in [0.15, 0.2) is 34.9 Å². The van der Waals surface area contributed by atoms with Crippen molar-refractivity contribution >= 4 is 10.8 Å². The lowest BCUT2D eigenvalue weighted by Gasteiger charge is -2.17. The summed E-state index contributed by atoms with van der Waals surface area (Å²) in [6.07, 6.45) is 0. The molecule has 0 aliphatic heterocycles. The van der Waals surface area contributed by atoms with Gasteiger partial charge in [-0.15, -0.1) is 0 Å². The van der Waals surface area contributed by atoms with Crippen molar-refractivity contribution in [3.8, 4) is 80.5 Å². The van der Waals surface area contributed by atoms with Gasteiger partial charge in [0.25, 0.3) is 0 Å². The summed E-state index contributed by atoms with van der Waals surface area (Å²) in [5, 5.41) is 23.0. The zero-order chi connectivity index (χ0) is 33.9. The number of fused-ring (bicyclic) bond motifs is 1. The van der Waals surface area contributed by atoms with E-state index in [-0.39, 0.29) is 11.6 Å².